The quantitative estimate of drug-likeness (QED) is 0.314. The van der Waals surface area contributed by atoms with Crippen LogP contribution in [0, 0.1) is 5.92 Å². The van der Waals surface area contributed by atoms with Crippen LogP contribution in [0.3, 0.4) is 0 Å². The molecule has 0 radical (unpaired) electrons. The third-order valence-electron chi connectivity index (χ3n) is 2.81. The van der Waals surface area contributed by atoms with Crippen LogP contribution in [0.1, 0.15) is 44.3 Å². The van der Waals surface area contributed by atoms with Gasteiger partial charge in [0, 0.05) is 19.0 Å². The van der Waals surface area contributed by atoms with Gasteiger partial charge in [-0.25, -0.2) is 4.98 Å². The van der Waals surface area contributed by atoms with E-state index in [9.17, 15) is 0 Å². The van der Waals surface area contributed by atoms with Gasteiger partial charge in [-0.2, -0.15) is 0 Å². The maximum Gasteiger partial charge on any atom is 0.191 e. The molecule has 1 rings (SSSR count). The smallest absolute Gasteiger partial charge is 0.191 e. The van der Waals surface area contributed by atoms with Gasteiger partial charge in [-0.1, -0.05) is 20.8 Å². The molecule has 0 unspecified atom stereocenters. The average molecular weight is 410 g/mol. The van der Waals surface area contributed by atoms with Crippen LogP contribution >= 0.6 is 35.3 Å². The molecule has 0 aliphatic carbocycles. The van der Waals surface area contributed by atoms with Gasteiger partial charge < -0.3 is 10.6 Å². The number of guanidine groups is 1. The molecular weight excluding hydrogens is 383 g/mol. The molecule has 20 heavy (non-hydrogen) atoms. The first-order chi connectivity index (χ1) is 9.15. The minimum Gasteiger partial charge on any atom is -0.356 e. The zero-order chi connectivity index (χ0) is 14.1. The van der Waals surface area contributed by atoms with Crippen LogP contribution in [0.4, 0.5) is 0 Å². The zero-order valence-electron chi connectivity index (χ0n) is 12.9. The molecule has 1 aromatic rings. The first kappa shape index (κ1) is 19.6. The number of rotatable bonds is 7. The maximum atomic E-state index is 4.53. The van der Waals surface area contributed by atoms with Gasteiger partial charge in [0.15, 0.2) is 5.96 Å². The Kier molecular flexibility index (Phi) is 11.1. The van der Waals surface area contributed by atoms with Crippen molar-refractivity contribution < 1.29 is 0 Å². The van der Waals surface area contributed by atoms with Crippen molar-refractivity contribution in [2.24, 2.45) is 10.9 Å². The molecule has 0 bridgehead atoms. The van der Waals surface area contributed by atoms with Gasteiger partial charge >= 0.3 is 0 Å². The molecular formula is C14H27IN4S. The second-order valence-corrected chi connectivity index (χ2v) is 5.92. The highest BCUT2D eigenvalue weighted by Crippen LogP contribution is 2.09. The summed E-state index contributed by atoms with van der Waals surface area (Å²) >= 11 is 1.72. The van der Waals surface area contributed by atoms with E-state index in [2.05, 4.69) is 46.8 Å². The minimum absolute atomic E-state index is 0. The number of nitrogens with zero attached hydrogens (tertiary/aromatic N) is 2. The Morgan fingerprint density at radius 2 is 2.15 bits per heavy atom. The number of nitrogens with one attached hydrogen (secondary N) is 2. The highest BCUT2D eigenvalue weighted by molar-refractivity contribution is 14.0. The summed E-state index contributed by atoms with van der Waals surface area (Å²) < 4.78 is 0. The summed E-state index contributed by atoms with van der Waals surface area (Å²) in [5, 5.41) is 9.93. The van der Waals surface area contributed by atoms with Crippen LogP contribution in [0.25, 0.3) is 0 Å². The molecule has 0 amide bonds. The summed E-state index contributed by atoms with van der Waals surface area (Å²) in [5.74, 6) is 1.62. The number of hydrogen-bond donors (Lipinski definition) is 2. The lowest BCUT2D eigenvalue weighted by molar-refractivity contribution is 0.549. The molecule has 1 heterocycles. The Balaban J connectivity index is 0.00000361. The van der Waals surface area contributed by atoms with Crippen LogP contribution in [-0.2, 0) is 13.0 Å². The molecule has 116 valence electrons. The largest absolute Gasteiger partial charge is 0.356 e. The lowest BCUT2D eigenvalue weighted by atomic mass is 10.1. The molecule has 0 spiro atoms. The van der Waals surface area contributed by atoms with E-state index in [1.54, 1.807) is 18.4 Å². The van der Waals surface area contributed by atoms with Crippen molar-refractivity contribution in [2.45, 2.75) is 46.6 Å². The Bertz CT molecular complexity index is 390. The molecule has 4 nitrogen and oxygen atoms in total. The number of aromatic nitrogens is 1. The van der Waals surface area contributed by atoms with E-state index in [0.717, 1.165) is 37.1 Å². The summed E-state index contributed by atoms with van der Waals surface area (Å²) in [5.41, 5.74) is 1.09. The van der Waals surface area contributed by atoms with Crippen LogP contribution in [0.15, 0.2) is 10.4 Å². The number of thiazole rings is 1. The van der Waals surface area contributed by atoms with Gasteiger partial charge in [0.2, 0.25) is 0 Å². The van der Waals surface area contributed by atoms with Gasteiger partial charge in [-0.05, 0) is 25.2 Å². The van der Waals surface area contributed by atoms with Crippen molar-refractivity contribution in [2.75, 3.05) is 13.6 Å². The Morgan fingerprint density at radius 1 is 1.40 bits per heavy atom. The normalized spacial score (nSPS) is 11.3. The highest BCUT2D eigenvalue weighted by Gasteiger charge is 2.02. The Labute approximate surface area is 143 Å². The fraction of sp³-hybridized carbons (Fsp3) is 0.714. The summed E-state index contributed by atoms with van der Waals surface area (Å²) in [6.45, 7) is 8.34. The van der Waals surface area contributed by atoms with E-state index in [-0.39, 0.29) is 24.0 Å². The van der Waals surface area contributed by atoms with Crippen LogP contribution in [0.2, 0.25) is 0 Å². The summed E-state index contributed by atoms with van der Waals surface area (Å²) in [6.07, 6.45) is 3.43. The highest BCUT2D eigenvalue weighted by atomic mass is 127. The summed E-state index contributed by atoms with van der Waals surface area (Å²) in [6, 6.07) is 0. The third kappa shape index (κ3) is 8.04. The molecule has 2 N–H and O–H groups in total. The van der Waals surface area contributed by atoms with Crippen molar-refractivity contribution in [1.82, 2.24) is 15.6 Å². The molecule has 0 saturated heterocycles. The van der Waals surface area contributed by atoms with Gasteiger partial charge in [0.05, 0.1) is 17.2 Å². The van der Waals surface area contributed by atoms with Gasteiger partial charge in [-0.3, -0.25) is 4.99 Å². The van der Waals surface area contributed by atoms with Gasteiger partial charge in [0.1, 0.15) is 0 Å². The van der Waals surface area contributed by atoms with Crippen LogP contribution < -0.4 is 10.6 Å². The SMILES string of the molecule is CCc1nc(CNC(=NC)NCCCC(C)C)cs1.I. The van der Waals surface area contributed by atoms with E-state index in [1.807, 2.05) is 0 Å². The average Bonchev–Trinajstić information content (AvgIpc) is 2.85. The fourth-order valence-electron chi connectivity index (χ4n) is 1.70. The molecule has 0 aliphatic rings. The van der Waals surface area contributed by atoms with E-state index in [4.69, 9.17) is 0 Å². The van der Waals surface area contributed by atoms with Crippen molar-refractivity contribution >= 4 is 41.3 Å². The molecule has 0 atom stereocenters. The molecule has 0 aliphatic heterocycles. The topological polar surface area (TPSA) is 49.3 Å². The zero-order valence-corrected chi connectivity index (χ0v) is 16.0. The first-order valence-corrected chi connectivity index (χ1v) is 7.91. The van der Waals surface area contributed by atoms with E-state index in [0.29, 0.717) is 0 Å². The fourth-order valence-corrected chi connectivity index (χ4v) is 2.45. The molecule has 1 aromatic heterocycles. The standard InChI is InChI=1S/C14H26N4S.HI/c1-5-13-18-12(10-19-13)9-17-14(15-4)16-8-6-7-11(2)3;/h10-11H,5-9H2,1-4H3,(H2,15,16,17);1H. The van der Waals surface area contributed by atoms with E-state index >= 15 is 0 Å². The second-order valence-electron chi connectivity index (χ2n) is 4.97. The van der Waals surface area contributed by atoms with E-state index < -0.39 is 0 Å². The predicted molar refractivity (Wildman–Crippen MR) is 99.2 cm³/mol. The van der Waals surface area contributed by atoms with Crippen LogP contribution in [-0.4, -0.2) is 24.5 Å². The maximum absolute atomic E-state index is 4.53. The Hall–Kier alpha value is -0.370. The summed E-state index contributed by atoms with van der Waals surface area (Å²) in [4.78, 5) is 8.74. The first-order valence-electron chi connectivity index (χ1n) is 7.03. The van der Waals surface area contributed by atoms with Gasteiger partial charge in [-0.15, -0.1) is 35.3 Å². The van der Waals surface area contributed by atoms with Crippen molar-refractivity contribution in [3.8, 4) is 0 Å². The molecule has 6 heteroatoms. The monoisotopic (exact) mass is 410 g/mol. The minimum atomic E-state index is 0. The Morgan fingerprint density at radius 3 is 2.70 bits per heavy atom. The molecule has 0 saturated carbocycles. The lowest BCUT2D eigenvalue weighted by Crippen LogP contribution is -2.37. The van der Waals surface area contributed by atoms with Crippen molar-refractivity contribution in [3.63, 3.8) is 0 Å². The number of hydrogen-bond acceptors (Lipinski definition) is 3. The third-order valence-corrected chi connectivity index (χ3v) is 3.85. The van der Waals surface area contributed by atoms with Crippen LogP contribution in [0.5, 0.6) is 0 Å². The number of halogens is 1. The van der Waals surface area contributed by atoms with Crippen molar-refractivity contribution in [1.29, 1.82) is 0 Å². The molecule has 0 aromatic carbocycles. The number of aryl methyl sites for hydroxylation is 1. The van der Waals surface area contributed by atoms with E-state index in [1.165, 1.54) is 17.8 Å². The molecule has 0 fully saturated rings. The summed E-state index contributed by atoms with van der Waals surface area (Å²) in [7, 11) is 1.80. The second kappa shape index (κ2) is 11.3. The van der Waals surface area contributed by atoms with Gasteiger partial charge in [0.25, 0.3) is 0 Å². The predicted octanol–water partition coefficient (Wildman–Crippen LogP) is 3.42. The number of aliphatic imine (C=N–C) groups is 1. The lowest BCUT2D eigenvalue weighted by Gasteiger charge is -2.11. The van der Waals surface area contributed by atoms with Crippen molar-refractivity contribution in [3.05, 3.63) is 16.1 Å².